The van der Waals surface area contributed by atoms with Gasteiger partial charge in [-0.1, -0.05) is 0 Å². The second-order valence-electron chi connectivity index (χ2n) is 3.99. The van der Waals surface area contributed by atoms with Crippen molar-refractivity contribution in [3.05, 3.63) is 0 Å². The van der Waals surface area contributed by atoms with Crippen molar-refractivity contribution in [3.8, 4) is 0 Å². The molecule has 0 saturated carbocycles. The number of aliphatic carboxylic acids is 1. The Balaban J connectivity index is 3.83. The molecule has 0 aliphatic heterocycles. The van der Waals surface area contributed by atoms with Crippen LogP contribution in [0.3, 0.4) is 0 Å². The van der Waals surface area contributed by atoms with Crippen molar-refractivity contribution in [1.82, 2.24) is 4.90 Å². The third kappa shape index (κ3) is 4.07. The lowest BCUT2D eigenvalue weighted by molar-refractivity contribution is -0.148. The molecule has 0 aromatic carbocycles. The summed E-state index contributed by atoms with van der Waals surface area (Å²) in [4.78, 5) is 12.7. The van der Waals surface area contributed by atoms with Crippen LogP contribution in [0.15, 0.2) is 0 Å². The number of carboxylic acid groups (broad SMARTS) is 1. The zero-order chi connectivity index (χ0) is 11.2. The maximum atomic E-state index is 10.9. The van der Waals surface area contributed by atoms with Crippen molar-refractivity contribution in [2.75, 3.05) is 27.3 Å². The fourth-order valence-corrected chi connectivity index (χ4v) is 1.04. The largest absolute Gasteiger partial charge is 0.480 e. The van der Waals surface area contributed by atoms with E-state index in [-0.39, 0.29) is 0 Å². The summed E-state index contributed by atoms with van der Waals surface area (Å²) < 4.78 is 4.92. The van der Waals surface area contributed by atoms with Gasteiger partial charge in [-0.15, -0.1) is 0 Å². The number of rotatable bonds is 7. The first-order chi connectivity index (χ1) is 6.42. The van der Waals surface area contributed by atoms with Crippen molar-refractivity contribution < 1.29 is 14.6 Å². The first-order valence-corrected chi connectivity index (χ1v) is 4.86. The zero-order valence-electron chi connectivity index (χ0n) is 9.54. The number of nitrogens with zero attached hydrogens (tertiary/aromatic N) is 1. The average Bonchev–Trinajstić information content (AvgIpc) is 2.11. The minimum Gasteiger partial charge on any atom is -0.480 e. The van der Waals surface area contributed by atoms with Crippen molar-refractivity contribution in [2.24, 2.45) is 0 Å². The highest BCUT2D eigenvalue weighted by molar-refractivity contribution is 5.77. The Morgan fingerprint density at radius 1 is 1.43 bits per heavy atom. The monoisotopic (exact) mass is 203 g/mol. The highest BCUT2D eigenvalue weighted by atomic mass is 16.5. The molecule has 14 heavy (non-hydrogen) atoms. The number of likely N-dealkylation sites (N-methyl/N-ethyl adjacent to an activating group) is 1. The van der Waals surface area contributed by atoms with Gasteiger partial charge in [0.15, 0.2) is 0 Å². The molecule has 0 aliphatic rings. The molecule has 1 N–H and O–H groups in total. The van der Waals surface area contributed by atoms with Crippen molar-refractivity contribution in [2.45, 2.75) is 32.2 Å². The van der Waals surface area contributed by atoms with Gasteiger partial charge in [-0.2, -0.15) is 0 Å². The Bertz CT molecular complexity index is 180. The van der Waals surface area contributed by atoms with Gasteiger partial charge in [0.25, 0.3) is 0 Å². The van der Waals surface area contributed by atoms with Crippen LogP contribution >= 0.6 is 0 Å². The Morgan fingerprint density at radius 2 is 2.00 bits per heavy atom. The number of carbonyl (C=O) groups is 1. The molecule has 4 heteroatoms. The predicted molar refractivity (Wildman–Crippen MR) is 55.5 cm³/mol. The van der Waals surface area contributed by atoms with E-state index in [0.717, 1.165) is 26.0 Å². The molecule has 0 heterocycles. The standard InChI is InChI=1S/C10H21NO3/c1-10(2,9(12)13)11(3)7-5-6-8-14-4/h5-8H2,1-4H3,(H,12,13). The van der Waals surface area contributed by atoms with Crippen molar-refractivity contribution >= 4 is 5.97 Å². The summed E-state index contributed by atoms with van der Waals surface area (Å²) >= 11 is 0. The zero-order valence-corrected chi connectivity index (χ0v) is 9.54. The molecule has 0 fully saturated rings. The van der Waals surface area contributed by atoms with Gasteiger partial charge in [-0.25, -0.2) is 0 Å². The molecule has 0 amide bonds. The van der Waals surface area contributed by atoms with Crippen LogP contribution in [0.1, 0.15) is 26.7 Å². The number of unbranched alkanes of at least 4 members (excludes halogenated alkanes) is 1. The maximum Gasteiger partial charge on any atom is 0.323 e. The van der Waals surface area contributed by atoms with Crippen LogP contribution in [-0.2, 0) is 9.53 Å². The molecule has 84 valence electrons. The second kappa shape index (κ2) is 5.98. The van der Waals surface area contributed by atoms with E-state index in [9.17, 15) is 4.79 Å². The van der Waals surface area contributed by atoms with Gasteiger partial charge < -0.3 is 9.84 Å². The summed E-state index contributed by atoms with van der Waals surface area (Å²) in [5, 5.41) is 8.95. The van der Waals surface area contributed by atoms with Crippen molar-refractivity contribution in [1.29, 1.82) is 0 Å². The number of carboxylic acids is 1. The molecule has 0 unspecified atom stereocenters. The molecule has 0 aliphatic carbocycles. The van der Waals surface area contributed by atoms with E-state index in [1.54, 1.807) is 21.0 Å². The minimum atomic E-state index is -0.785. The van der Waals surface area contributed by atoms with Gasteiger partial charge in [0, 0.05) is 13.7 Å². The Kier molecular flexibility index (Phi) is 5.72. The molecule has 0 radical (unpaired) electrons. The molecular formula is C10H21NO3. The fourth-order valence-electron chi connectivity index (χ4n) is 1.04. The molecule has 4 nitrogen and oxygen atoms in total. The molecule has 0 atom stereocenters. The van der Waals surface area contributed by atoms with E-state index in [4.69, 9.17) is 9.84 Å². The Hall–Kier alpha value is -0.610. The van der Waals surface area contributed by atoms with Crippen LogP contribution in [0.5, 0.6) is 0 Å². The van der Waals surface area contributed by atoms with Crippen LogP contribution in [0.2, 0.25) is 0 Å². The third-order valence-corrected chi connectivity index (χ3v) is 2.57. The summed E-state index contributed by atoms with van der Waals surface area (Å²) in [7, 11) is 3.51. The van der Waals surface area contributed by atoms with Gasteiger partial charge in [-0.3, -0.25) is 9.69 Å². The normalized spacial score (nSPS) is 12.1. The summed E-state index contributed by atoms with van der Waals surface area (Å²) in [6.45, 7) is 4.95. The first-order valence-electron chi connectivity index (χ1n) is 4.86. The third-order valence-electron chi connectivity index (χ3n) is 2.57. The van der Waals surface area contributed by atoms with E-state index in [0.29, 0.717) is 0 Å². The van der Waals surface area contributed by atoms with Crippen LogP contribution in [0.4, 0.5) is 0 Å². The van der Waals surface area contributed by atoms with E-state index >= 15 is 0 Å². The highest BCUT2D eigenvalue weighted by Gasteiger charge is 2.31. The molecule has 0 saturated heterocycles. The van der Waals surface area contributed by atoms with Gasteiger partial charge in [-0.05, 0) is 40.3 Å². The van der Waals surface area contributed by atoms with Gasteiger partial charge in [0.2, 0.25) is 0 Å². The minimum absolute atomic E-state index is 0.737. The summed E-state index contributed by atoms with van der Waals surface area (Å²) in [6.07, 6.45) is 1.93. The second-order valence-corrected chi connectivity index (χ2v) is 3.99. The van der Waals surface area contributed by atoms with E-state index < -0.39 is 11.5 Å². The van der Waals surface area contributed by atoms with E-state index in [1.807, 2.05) is 11.9 Å². The maximum absolute atomic E-state index is 10.9. The highest BCUT2D eigenvalue weighted by Crippen LogP contribution is 2.12. The topological polar surface area (TPSA) is 49.8 Å². The summed E-state index contributed by atoms with van der Waals surface area (Å²) in [6, 6.07) is 0. The predicted octanol–water partition coefficient (Wildman–Crippen LogP) is 1.21. The number of ether oxygens (including phenoxy) is 1. The number of methoxy groups -OCH3 is 1. The van der Waals surface area contributed by atoms with Crippen LogP contribution in [-0.4, -0.2) is 48.8 Å². The lowest BCUT2D eigenvalue weighted by Gasteiger charge is -2.31. The number of hydrogen-bond acceptors (Lipinski definition) is 3. The SMILES string of the molecule is COCCCCN(C)C(C)(C)C(=O)O. The fraction of sp³-hybridized carbons (Fsp3) is 0.900. The van der Waals surface area contributed by atoms with Crippen molar-refractivity contribution in [3.63, 3.8) is 0 Å². The van der Waals surface area contributed by atoms with Gasteiger partial charge in [0.05, 0.1) is 0 Å². The van der Waals surface area contributed by atoms with Gasteiger partial charge >= 0.3 is 5.97 Å². The van der Waals surface area contributed by atoms with Crippen LogP contribution in [0.25, 0.3) is 0 Å². The Morgan fingerprint density at radius 3 is 2.43 bits per heavy atom. The molecule has 0 aromatic rings. The first kappa shape index (κ1) is 13.4. The molecule has 0 aromatic heterocycles. The van der Waals surface area contributed by atoms with Crippen LogP contribution < -0.4 is 0 Å². The van der Waals surface area contributed by atoms with E-state index in [2.05, 4.69) is 0 Å². The molecule has 0 rings (SSSR count). The smallest absolute Gasteiger partial charge is 0.323 e. The average molecular weight is 203 g/mol. The lowest BCUT2D eigenvalue weighted by atomic mass is 10.0. The number of hydrogen-bond donors (Lipinski definition) is 1. The van der Waals surface area contributed by atoms with E-state index in [1.165, 1.54) is 0 Å². The lowest BCUT2D eigenvalue weighted by Crippen LogP contribution is -2.48. The molecule has 0 spiro atoms. The summed E-state index contributed by atoms with van der Waals surface area (Å²) in [5.74, 6) is -0.785. The quantitative estimate of drug-likeness (QED) is 0.632. The van der Waals surface area contributed by atoms with Crippen LogP contribution in [0, 0.1) is 0 Å². The van der Waals surface area contributed by atoms with Gasteiger partial charge in [0.1, 0.15) is 5.54 Å². The molecule has 0 bridgehead atoms. The molecular weight excluding hydrogens is 182 g/mol. The Labute approximate surface area is 85.9 Å². The summed E-state index contributed by atoms with van der Waals surface area (Å²) in [5.41, 5.74) is -0.785.